The molecule has 0 bridgehead atoms. The molecule has 1 aliphatic rings. The Bertz CT molecular complexity index is 1630. The minimum atomic E-state index is -0.618. The van der Waals surface area contributed by atoms with Gasteiger partial charge in [0.1, 0.15) is 11.4 Å². The van der Waals surface area contributed by atoms with E-state index in [0.717, 1.165) is 4.90 Å². The lowest BCUT2D eigenvalue weighted by molar-refractivity contribution is -0.576. The number of H-pyrrole nitrogens is 1. The van der Waals surface area contributed by atoms with Crippen molar-refractivity contribution in [2.75, 3.05) is 0 Å². The van der Waals surface area contributed by atoms with Gasteiger partial charge in [-0.1, -0.05) is 48.3 Å². The van der Waals surface area contributed by atoms with Crippen LogP contribution in [-0.4, -0.2) is 26.5 Å². The molecule has 4 aromatic rings. The number of aryl methyl sites for hydroxylation is 1. The normalized spacial score (nSPS) is 13.7. The third-order valence-corrected chi connectivity index (χ3v) is 6.84. The summed E-state index contributed by atoms with van der Waals surface area (Å²) in [5.74, 6) is -1.61. The summed E-state index contributed by atoms with van der Waals surface area (Å²) >= 11 is 12.2. The molecule has 7 nitrogen and oxygen atoms in total. The highest BCUT2D eigenvalue weighted by Crippen LogP contribution is 2.32. The van der Waals surface area contributed by atoms with Crippen molar-refractivity contribution < 1.29 is 18.5 Å². The van der Waals surface area contributed by atoms with Crippen LogP contribution >= 0.6 is 23.2 Å². The molecule has 10 heteroatoms. The Morgan fingerprint density at radius 3 is 2.27 bits per heavy atom. The standard InChI is InChI=1S/C27H19Cl2FN4O3/c1-2-21-22(26(36)34(31-21)18-10-11-19(28)20(29)14-18)23-24(32-12-4-3-5-13-32)27(37)33(25(23)35)15-16-6-8-17(30)9-7-16/h3-14H,2,15H2,1H3/p+1. The summed E-state index contributed by atoms with van der Waals surface area (Å²) in [4.78, 5) is 42.3. The van der Waals surface area contributed by atoms with Gasteiger partial charge in [-0.3, -0.25) is 24.4 Å². The van der Waals surface area contributed by atoms with Crippen LogP contribution in [0, 0.1) is 5.82 Å². The van der Waals surface area contributed by atoms with Crippen LogP contribution in [0.3, 0.4) is 0 Å². The summed E-state index contributed by atoms with van der Waals surface area (Å²) < 4.78 is 16.2. The lowest BCUT2D eigenvalue weighted by atomic mass is 10.0. The third kappa shape index (κ3) is 4.39. The molecule has 2 amide bonds. The van der Waals surface area contributed by atoms with Crippen molar-refractivity contribution in [3.8, 4) is 5.69 Å². The van der Waals surface area contributed by atoms with E-state index in [1.165, 1.54) is 39.6 Å². The van der Waals surface area contributed by atoms with Crippen LogP contribution in [0.4, 0.5) is 4.39 Å². The Labute approximate surface area is 221 Å². The van der Waals surface area contributed by atoms with Gasteiger partial charge in [-0.25, -0.2) is 9.07 Å². The van der Waals surface area contributed by atoms with E-state index in [0.29, 0.717) is 28.4 Å². The van der Waals surface area contributed by atoms with Crippen LogP contribution in [0.1, 0.15) is 23.7 Å². The van der Waals surface area contributed by atoms with Crippen molar-refractivity contribution in [1.29, 1.82) is 0 Å². The molecule has 1 N–H and O–H groups in total. The second kappa shape index (κ2) is 9.80. The highest BCUT2D eigenvalue weighted by atomic mass is 35.5. The van der Waals surface area contributed by atoms with Crippen LogP contribution in [-0.2, 0) is 22.6 Å². The number of hydrogen-bond donors (Lipinski definition) is 1. The van der Waals surface area contributed by atoms with Gasteiger partial charge in [0, 0.05) is 17.8 Å². The number of aromatic nitrogens is 3. The van der Waals surface area contributed by atoms with Gasteiger partial charge in [0.25, 0.3) is 17.2 Å². The highest BCUT2D eigenvalue weighted by Gasteiger charge is 2.47. The fraction of sp³-hybridized carbons (Fsp3) is 0.111. The molecule has 0 saturated heterocycles. The summed E-state index contributed by atoms with van der Waals surface area (Å²) in [6, 6.07) is 15.5. The largest absolute Gasteiger partial charge is 0.327 e. The summed E-state index contributed by atoms with van der Waals surface area (Å²) in [5.41, 5.74) is 1.10. The molecule has 0 spiro atoms. The van der Waals surface area contributed by atoms with Crippen molar-refractivity contribution in [1.82, 2.24) is 14.7 Å². The van der Waals surface area contributed by atoms with Crippen molar-refractivity contribution in [3.05, 3.63) is 116 Å². The maximum absolute atomic E-state index is 13.8. The Morgan fingerprint density at radius 1 is 0.919 bits per heavy atom. The van der Waals surface area contributed by atoms with Crippen LogP contribution < -0.4 is 10.1 Å². The molecule has 2 aromatic heterocycles. The molecule has 2 aromatic carbocycles. The van der Waals surface area contributed by atoms with Gasteiger partial charge in [0.15, 0.2) is 12.4 Å². The first-order chi connectivity index (χ1) is 17.8. The molecule has 1 aliphatic heterocycles. The van der Waals surface area contributed by atoms with Gasteiger partial charge in [-0.05, 0) is 42.3 Å². The third-order valence-electron chi connectivity index (χ3n) is 6.10. The predicted octanol–water partition coefficient (Wildman–Crippen LogP) is 4.40. The van der Waals surface area contributed by atoms with E-state index in [2.05, 4.69) is 5.10 Å². The van der Waals surface area contributed by atoms with E-state index < -0.39 is 23.2 Å². The van der Waals surface area contributed by atoms with Crippen molar-refractivity contribution in [2.45, 2.75) is 19.9 Å². The van der Waals surface area contributed by atoms with Crippen LogP contribution in [0.5, 0.6) is 0 Å². The Hall–Kier alpha value is -4.01. The number of nitrogens with zero attached hydrogens (tertiary/aromatic N) is 3. The summed E-state index contributed by atoms with van der Waals surface area (Å²) in [6.07, 6.45) is 3.66. The van der Waals surface area contributed by atoms with Gasteiger partial charge in [-0.2, -0.15) is 4.57 Å². The number of carbonyl (C=O) groups excluding carboxylic acids is 2. The molecule has 0 unspecified atom stereocenters. The Balaban J connectivity index is 1.69. The number of pyridine rings is 1. The second-order valence-electron chi connectivity index (χ2n) is 8.39. The van der Waals surface area contributed by atoms with E-state index in [1.807, 2.05) is 6.92 Å². The first-order valence-corrected chi connectivity index (χ1v) is 12.2. The molecule has 5 rings (SSSR count). The minimum Gasteiger partial charge on any atom is -0.294 e. The van der Waals surface area contributed by atoms with Gasteiger partial charge >= 0.3 is 5.91 Å². The number of amides is 2. The number of aromatic amines is 1. The summed E-state index contributed by atoms with van der Waals surface area (Å²) in [6.45, 7) is 1.76. The Kier molecular flexibility index (Phi) is 6.54. The molecule has 0 aliphatic carbocycles. The van der Waals surface area contributed by atoms with E-state index in [-0.39, 0.29) is 28.4 Å². The maximum Gasteiger partial charge on any atom is 0.327 e. The monoisotopic (exact) mass is 537 g/mol. The molecule has 0 saturated carbocycles. The van der Waals surface area contributed by atoms with Crippen molar-refractivity contribution in [2.24, 2.45) is 0 Å². The number of hydrogen-bond acceptors (Lipinski definition) is 3. The average Bonchev–Trinajstić information content (AvgIpc) is 3.35. The summed E-state index contributed by atoms with van der Waals surface area (Å²) in [7, 11) is 0. The zero-order valence-corrected chi connectivity index (χ0v) is 21.1. The zero-order valence-electron chi connectivity index (χ0n) is 19.5. The second-order valence-corrected chi connectivity index (χ2v) is 9.20. The lowest BCUT2D eigenvalue weighted by Gasteiger charge is -2.14. The molecule has 3 heterocycles. The first-order valence-electron chi connectivity index (χ1n) is 11.4. The van der Waals surface area contributed by atoms with E-state index >= 15 is 0 Å². The maximum atomic E-state index is 13.8. The topological polar surface area (TPSA) is 79.1 Å². The van der Waals surface area contributed by atoms with Crippen molar-refractivity contribution >= 4 is 46.3 Å². The fourth-order valence-electron chi connectivity index (χ4n) is 4.29. The van der Waals surface area contributed by atoms with Gasteiger partial charge in [0.2, 0.25) is 0 Å². The van der Waals surface area contributed by atoms with E-state index in [4.69, 9.17) is 23.2 Å². The number of carbonyl (C=O) groups is 2. The van der Waals surface area contributed by atoms with E-state index in [9.17, 15) is 18.8 Å². The van der Waals surface area contributed by atoms with Gasteiger partial charge in [-0.15, -0.1) is 0 Å². The smallest absolute Gasteiger partial charge is 0.294 e. The highest BCUT2D eigenvalue weighted by molar-refractivity contribution is 6.44. The molecular formula is C27H20Cl2FN4O3+. The average molecular weight is 538 g/mol. The number of nitrogens with one attached hydrogen (secondary N) is 1. The van der Waals surface area contributed by atoms with Crippen molar-refractivity contribution in [3.63, 3.8) is 0 Å². The zero-order chi connectivity index (χ0) is 26.3. The number of rotatable bonds is 6. The fourth-order valence-corrected chi connectivity index (χ4v) is 4.59. The van der Waals surface area contributed by atoms with Crippen LogP contribution in [0.2, 0.25) is 10.0 Å². The molecule has 0 fully saturated rings. The van der Waals surface area contributed by atoms with Crippen LogP contribution in [0.25, 0.3) is 17.0 Å². The quantitative estimate of drug-likeness (QED) is 0.292. The molecule has 186 valence electrons. The predicted molar refractivity (Wildman–Crippen MR) is 137 cm³/mol. The molecular weight excluding hydrogens is 518 g/mol. The Morgan fingerprint density at radius 2 is 1.62 bits per heavy atom. The lowest BCUT2D eigenvalue weighted by Crippen LogP contribution is -2.39. The number of benzene rings is 2. The minimum absolute atomic E-state index is 0.0137. The molecule has 37 heavy (non-hydrogen) atoms. The van der Waals surface area contributed by atoms with E-state index in [1.54, 1.807) is 42.7 Å². The van der Waals surface area contributed by atoms with Gasteiger partial charge in [0.05, 0.1) is 27.8 Å². The first kappa shape index (κ1) is 24.7. The molecule has 0 radical (unpaired) electrons. The number of halogens is 3. The van der Waals surface area contributed by atoms with Gasteiger partial charge < -0.3 is 0 Å². The number of imide groups is 1. The summed E-state index contributed by atoms with van der Waals surface area (Å²) in [5, 5.41) is 3.65. The SMILES string of the molecule is CCc1[nH]n(-c2ccc(Cl)c(Cl)c2)c(=O)c1C1=C([n+]2ccccc2)C(=O)N(Cc2ccc(F)cc2)C1=O. The van der Waals surface area contributed by atoms with Crippen LogP contribution in [0.15, 0.2) is 77.9 Å². The molecule has 0 atom stereocenters.